The predicted octanol–water partition coefficient (Wildman–Crippen LogP) is 1.33. The number of nitrogens with zero attached hydrogens (tertiary/aromatic N) is 5. The van der Waals surface area contributed by atoms with Crippen LogP contribution in [0.1, 0.15) is 18.2 Å². The van der Waals surface area contributed by atoms with Crippen LogP contribution < -0.4 is 10.5 Å². The van der Waals surface area contributed by atoms with Crippen molar-refractivity contribution in [3.05, 3.63) is 48.8 Å². The number of aryl methyl sites for hydroxylation is 1. The molecular weight excluding hydrogens is 372 g/mol. The number of rotatable bonds is 4. The summed E-state index contributed by atoms with van der Waals surface area (Å²) < 4.78 is 9.71. The monoisotopic (exact) mass is 394 g/mol. The topological polar surface area (TPSA) is 124 Å². The van der Waals surface area contributed by atoms with Gasteiger partial charge in [-0.15, -0.1) is 0 Å². The Bertz CT molecular complexity index is 1190. The molecule has 5 rings (SSSR count). The molecular formula is C20H22N6O3. The zero-order chi connectivity index (χ0) is 20.1. The minimum atomic E-state index is -0.923. The van der Waals surface area contributed by atoms with E-state index in [4.69, 9.17) is 10.5 Å². The Balaban J connectivity index is 1.34. The lowest BCUT2D eigenvalue weighted by molar-refractivity contribution is -0.00142. The number of pyridine rings is 1. The smallest absolute Gasteiger partial charge is 0.145 e. The molecule has 0 bridgehead atoms. The molecule has 0 spiro atoms. The van der Waals surface area contributed by atoms with Gasteiger partial charge in [-0.05, 0) is 25.5 Å². The fourth-order valence-electron chi connectivity index (χ4n) is 4.18. The maximum Gasteiger partial charge on any atom is 0.145 e. The molecule has 0 unspecified atom stereocenters. The van der Waals surface area contributed by atoms with E-state index in [1.54, 1.807) is 0 Å². The van der Waals surface area contributed by atoms with Gasteiger partial charge in [0, 0.05) is 30.6 Å². The Morgan fingerprint density at radius 3 is 2.93 bits per heavy atom. The van der Waals surface area contributed by atoms with Gasteiger partial charge in [0.05, 0.1) is 29.8 Å². The molecule has 4 aromatic rings. The minimum Gasteiger partial charge on any atom is -0.493 e. The molecule has 4 heterocycles. The Labute approximate surface area is 166 Å². The van der Waals surface area contributed by atoms with E-state index in [1.165, 1.54) is 6.33 Å². The van der Waals surface area contributed by atoms with Gasteiger partial charge in [-0.1, -0.05) is 0 Å². The maximum absolute atomic E-state index is 10.7. The maximum atomic E-state index is 10.7. The molecule has 0 aliphatic heterocycles. The van der Waals surface area contributed by atoms with Crippen LogP contribution in [-0.4, -0.2) is 52.9 Å². The predicted molar refractivity (Wildman–Crippen MR) is 107 cm³/mol. The van der Waals surface area contributed by atoms with Crippen molar-refractivity contribution in [3.8, 4) is 5.75 Å². The van der Waals surface area contributed by atoms with Crippen molar-refractivity contribution in [1.82, 2.24) is 23.9 Å². The van der Waals surface area contributed by atoms with Crippen LogP contribution in [-0.2, 0) is 0 Å². The number of aromatic nitrogens is 5. The quantitative estimate of drug-likeness (QED) is 0.477. The summed E-state index contributed by atoms with van der Waals surface area (Å²) >= 11 is 0. The molecule has 1 fully saturated rings. The lowest BCUT2D eigenvalue weighted by Crippen LogP contribution is -2.31. The summed E-state index contributed by atoms with van der Waals surface area (Å²) in [6.45, 7) is 2.23. The molecule has 150 valence electrons. The van der Waals surface area contributed by atoms with Crippen molar-refractivity contribution >= 4 is 22.5 Å². The van der Waals surface area contributed by atoms with Gasteiger partial charge in [-0.25, -0.2) is 15.0 Å². The Kier molecular flexibility index (Phi) is 4.14. The molecule has 9 heteroatoms. The van der Waals surface area contributed by atoms with Crippen LogP contribution in [0.2, 0.25) is 0 Å². The van der Waals surface area contributed by atoms with Crippen LogP contribution in [0.15, 0.2) is 43.1 Å². The summed E-state index contributed by atoms with van der Waals surface area (Å²) in [5.74, 6) is 0.857. The minimum absolute atomic E-state index is 0.218. The van der Waals surface area contributed by atoms with E-state index in [2.05, 4.69) is 15.0 Å². The van der Waals surface area contributed by atoms with Gasteiger partial charge in [0.2, 0.25) is 0 Å². The molecule has 29 heavy (non-hydrogen) atoms. The third kappa shape index (κ3) is 2.99. The van der Waals surface area contributed by atoms with E-state index < -0.39 is 12.2 Å². The van der Waals surface area contributed by atoms with Crippen molar-refractivity contribution in [1.29, 1.82) is 0 Å². The molecule has 1 saturated carbocycles. The van der Waals surface area contributed by atoms with Crippen LogP contribution in [0.25, 0.3) is 16.7 Å². The van der Waals surface area contributed by atoms with Gasteiger partial charge in [0.15, 0.2) is 0 Å². The highest BCUT2D eigenvalue weighted by Gasteiger charge is 2.43. The van der Waals surface area contributed by atoms with E-state index in [0.29, 0.717) is 30.2 Å². The average Bonchev–Trinajstić information content (AvgIpc) is 3.37. The number of hydrogen-bond donors (Lipinski definition) is 3. The molecule has 0 radical (unpaired) electrons. The first-order chi connectivity index (χ1) is 14.0. The lowest BCUT2D eigenvalue weighted by atomic mass is 10.1. The molecule has 4 atom stereocenters. The lowest BCUT2D eigenvalue weighted by Gasteiger charge is -2.19. The summed E-state index contributed by atoms with van der Waals surface area (Å²) in [4.78, 5) is 12.7. The highest BCUT2D eigenvalue weighted by molar-refractivity contribution is 5.86. The molecule has 4 N–H and O–H groups in total. The van der Waals surface area contributed by atoms with Crippen molar-refractivity contribution < 1.29 is 14.9 Å². The number of aliphatic hydroxyl groups excluding tert-OH is 2. The van der Waals surface area contributed by atoms with Gasteiger partial charge < -0.3 is 29.7 Å². The number of ether oxygens (including phenoxy) is 1. The summed E-state index contributed by atoms with van der Waals surface area (Å²) in [7, 11) is 0. The van der Waals surface area contributed by atoms with Crippen LogP contribution in [0, 0.1) is 12.8 Å². The van der Waals surface area contributed by atoms with Gasteiger partial charge in [0.25, 0.3) is 0 Å². The van der Waals surface area contributed by atoms with E-state index in [0.717, 1.165) is 16.7 Å². The second kappa shape index (κ2) is 6.71. The van der Waals surface area contributed by atoms with E-state index in [1.807, 2.05) is 52.7 Å². The summed E-state index contributed by atoms with van der Waals surface area (Å²) in [5.41, 5.74) is 8.30. The van der Waals surface area contributed by atoms with Crippen molar-refractivity contribution in [2.75, 3.05) is 12.3 Å². The number of nitrogens with two attached hydrogens (primary N) is 1. The Hall–Kier alpha value is -3.17. The zero-order valence-corrected chi connectivity index (χ0v) is 15.9. The largest absolute Gasteiger partial charge is 0.493 e. The fraction of sp³-hybridized carbons (Fsp3) is 0.350. The van der Waals surface area contributed by atoms with Gasteiger partial charge >= 0.3 is 0 Å². The van der Waals surface area contributed by atoms with Crippen molar-refractivity contribution in [2.24, 2.45) is 5.92 Å². The van der Waals surface area contributed by atoms with E-state index in [9.17, 15) is 10.2 Å². The first-order valence-electron chi connectivity index (χ1n) is 9.52. The summed E-state index contributed by atoms with van der Waals surface area (Å²) in [5, 5.41) is 22.0. The van der Waals surface area contributed by atoms with Gasteiger partial charge in [-0.3, -0.25) is 0 Å². The fourth-order valence-corrected chi connectivity index (χ4v) is 4.18. The number of aliphatic hydroxyl groups is 2. The second-order valence-corrected chi connectivity index (χ2v) is 7.58. The van der Waals surface area contributed by atoms with Gasteiger partial charge in [0.1, 0.15) is 35.3 Å². The highest BCUT2D eigenvalue weighted by Crippen LogP contribution is 2.38. The third-order valence-corrected chi connectivity index (χ3v) is 5.68. The van der Waals surface area contributed by atoms with E-state index in [-0.39, 0.29) is 12.0 Å². The number of nitrogen functional groups attached to an aromatic ring is 1. The second-order valence-electron chi connectivity index (χ2n) is 7.58. The normalized spacial score (nSPS) is 24.5. The Morgan fingerprint density at radius 1 is 1.21 bits per heavy atom. The summed E-state index contributed by atoms with van der Waals surface area (Å²) in [6, 6.07) is 5.24. The summed E-state index contributed by atoms with van der Waals surface area (Å²) in [6.07, 6.45) is 5.80. The van der Waals surface area contributed by atoms with Crippen molar-refractivity contribution in [2.45, 2.75) is 31.6 Å². The van der Waals surface area contributed by atoms with Crippen LogP contribution in [0.5, 0.6) is 5.75 Å². The first-order valence-corrected chi connectivity index (χ1v) is 9.52. The van der Waals surface area contributed by atoms with Gasteiger partial charge in [-0.2, -0.15) is 0 Å². The van der Waals surface area contributed by atoms with Crippen LogP contribution in [0.3, 0.4) is 0 Å². The molecule has 9 nitrogen and oxygen atoms in total. The van der Waals surface area contributed by atoms with Crippen LogP contribution >= 0.6 is 0 Å². The number of anilines is 1. The number of fused-ring (bicyclic) bond motifs is 2. The highest BCUT2D eigenvalue weighted by atomic mass is 16.5. The average molecular weight is 394 g/mol. The SMILES string of the molecule is Cc1cn2ccc(OC[C@H]3C[C@@H](n4ccc5c(N)ncnc54)[C@H](O)[C@@H]3O)cc2n1. The van der Waals surface area contributed by atoms with Crippen molar-refractivity contribution in [3.63, 3.8) is 0 Å². The first kappa shape index (κ1) is 17.9. The van der Waals surface area contributed by atoms with E-state index >= 15 is 0 Å². The van der Waals surface area contributed by atoms with Crippen LogP contribution in [0.4, 0.5) is 5.82 Å². The number of imidazole rings is 1. The Morgan fingerprint density at radius 2 is 2.07 bits per heavy atom. The molecule has 1 aliphatic rings. The molecule has 0 amide bonds. The molecule has 1 aliphatic carbocycles. The molecule has 4 aromatic heterocycles. The molecule has 0 saturated heterocycles. The molecule has 0 aromatic carbocycles. The number of hydrogen-bond acceptors (Lipinski definition) is 7. The zero-order valence-electron chi connectivity index (χ0n) is 15.9. The third-order valence-electron chi connectivity index (χ3n) is 5.68. The standard InChI is InChI=1S/C20H22N6O3/c1-11-8-25-4-2-13(7-16(25)24-11)29-9-12-6-15(18(28)17(12)27)26-5-3-14-19(21)22-10-23-20(14)26/h2-5,7-8,10,12,15,17-18,27-28H,6,9H2,1H3,(H2,21,22,23)/t12-,15-,17-,18+/m1/s1.